The van der Waals surface area contributed by atoms with E-state index >= 15 is 0 Å². The van der Waals surface area contributed by atoms with Gasteiger partial charge >= 0.3 is 0 Å². The van der Waals surface area contributed by atoms with Crippen LogP contribution in [0.25, 0.3) is 0 Å². The van der Waals surface area contributed by atoms with E-state index in [2.05, 4.69) is 9.71 Å². The fraction of sp³-hybridized carbons (Fsp3) is 0.150. The van der Waals surface area contributed by atoms with Crippen LogP contribution in [0.5, 0.6) is 17.2 Å². The Balaban J connectivity index is 1.86. The van der Waals surface area contributed by atoms with Crippen LogP contribution < -0.4 is 14.2 Å². The smallest absolute Gasteiger partial charge is 0.262 e. The molecule has 6 nitrogen and oxygen atoms in total. The summed E-state index contributed by atoms with van der Waals surface area (Å²) < 4.78 is 39.4. The molecule has 0 amide bonds. The lowest BCUT2D eigenvalue weighted by Crippen LogP contribution is -2.13. The summed E-state index contributed by atoms with van der Waals surface area (Å²) >= 11 is 6.04. The molecule has 0 atom stereocenters. The molecule has 0 saturated carbocycles. The van der Waals surface area contributed by atoms with Crippen LogP contribution >= 0.6 is 11.6 Å². The highest BCUT2D eigenvalue weighted by molar-refractivity contribution is 7.92. The van der Waals surface area contributed by atoms with E-state index in [1.807, 2.05) is 13.8 Å². The number of benzene rings is 2. The highest BCUT2D eigenvalue weighted by atomic mass is 35.5. The molecule has 0 bridgehead atoms. The van der Waals surface area contributed by atoms with E-state index in [1.165, 1.54) is 24.4 Å². The number of sulfonamides is 1. The van der Waals surface area contributed by atoms with E-state index in [1.54, 1.807) is 42.6 Å². The summed E-state index contributed by atoms with van der Waals surface area (Å²) in [4.78, 5) is 4.08. The first-order chi connectivity index (χ1) is 13.3. The molecule has 8 heteroatoms. The van der Waals surface area contributed by atoms with Crippen LogP contribution in [0, 0.1) is 0 Å². The second-order valence-corrected chi connectivity index (χ2v) is 8.29. The molecule has 0 fully saturated rings. The number of hydrogen-bond donors (Lipinski definition) is 1. The van der Waals surface area contributed by atoms with E-state index in [0.29, 0.717) is 16.5 Å². The fourth-order valence-electron chi connectivity index (χ4n) is 2.37. The Morgan fingerprint density at radius 2 is 1.79 bits per heavy atom. The van der Waals surface area contributed by atoms with Crippen LogP contribution in [0.3, 0.4) is 0 Å². The van der Waals surface area contributed by atoms with Gasteiger partial charge in [0.15, 0.2) is 5.75 Å². The molecule has 0 aliphatic rings. The summed E-state index contributed by atoms with van der Waals surface area (Å²) in [5, 5.41) is 0.414. The van der Waals surface area contributed by atoms with Gasteiger partial charge in [-0.05, 0) is 62.4 Å². The van der Waals surface area contributed by atoms with Crippen LogP contribution in [-0.2, 0) is 10.0 Å². The van der Waals surface area contributed by atoms with Gasteiger partial charge in [0.05, 0.1) is 22.9 Å². The number of pyridine rings is 1. The zero-order chi connectivity index (χ0) is 20.1. The molecule has 1 N–H and O–H groups in total. The van der Waals surface area contributed by atoms with Crippen molar-refractivity contribution in [1.29, 1.82) is 0 Å². The fourth-order valence-corrected chi connectivity index (χ4v) is 3.61. The molecule has 28 heavy (non-hydrogen) atoms. The van der Waals surface area contributed by atoms with Gasteiger partial charge in [-0.2, -0.15) is 0 Å². The lowest BCUT2D eigenvalue weighted by molar-refractivity contribution is 0.242. The van der Waals surface area contributed by atoms with E-state index in [0.717, 1.165) is 0 Å². The van der Waals surface area contributed by atoms with Gasteiger partial charge in [-0.1, -0.05) is 11.6 Å². The summed E-state index contributed by atoms with van der Waals surface area (Å²) in [5.74, 6) is 1.32. The first-order valence-electron chi connectivity index (χ1n) is 8.50. The molecule has 0 saturated heterocycles. The van der Waals surface area contributed by atoms with Crippen LogP contribution in [-0.4, -0.2) is 19.5 Å². The molecule has 2 aromatic carbocycles. The van der Waals surface area contributed by atoms with Crippen molar-refractivity contribution in [3.63, 3.8) is 0 Å². The minimum atomic E-state index is -3.83. The third-order valence-corrected chi connectivity index (χ3v) is 5.17. The Hall–Kier alpha value is -2.77. The molecule has 0 aliphatic carbocycles. The lowest BCUT2D eigenvalue weighted by atomic mass is 10.3. The summed E-state index contributed by atoms with van der Waals surface area (Å²) in [5.41, 5.74) is 0.260. The number of nitrogens with zero attached hydrogens (tertiary/aromatic N) is 1. The van der Waals surface area contributed by atoms with E-state index < -0.39 is 10.0 Å². The normalized spacial score (nSPS) is 11.3. The molecule has 0 spiro atoms. The average Bonchev–Trinajstić information content (AvgIpc) is 2.65. The van der Waals surface area contributed by atoms with Crippen molar-refractivity contribution in [1.82, 2.24) is 4.98 Å². The van der Waals surface area contributed by atoms with Gasteiger partial charge in [-0.3, -0.25) is 9.71 Å². The predicted octanol–water partition coefficient (Wildman–Crippen LogP) is 5.12. The van der Waals surface area contributed by atoms with Gasteiger partial charge in [0, 0.05) is 17.3 Å². The minimum Gasteiger partial charge on any atom is -0.491 e. The monoisotopic (exact) mass is 418 g/mol. The van der Waals surface area contributed by atoms with Gasteiger partial charge in [-0.25, -0.2) is 8.42 Å². The number of anilines is 1. The molecule has 3 aromatic rings. The number of hydrogen-bond acceptors (Lipinski definition) is 5. The van der Waals surface area contributed by atoms with Crippen molar-refractivity contribution in [3.05, 3.63) is 72.0 Å². The Morgan fingerprint density at radius 1 is 1.04 bits per heavy atom. The number of halogens is 1. The second kappa shape index (κ2) is 8.50. The summed E-state index contributed by atoms with van der Waals surface area (Å²) in [6, 6.07) is 14.3. The topological polar surface area (TPSA) is 77.5 Å². The van der Waals surface area contributed by atoms with Crippen LogP contribution in [0.2, 0.25) is 5.02 Å². The Labute approximate surface area is 169 Å². The van der Waals surface area contributed by atoms with Gasteiger partial charge in [0.25, 0.3) is 10.0 Å². The predicted molar refractivity (Wildman–Crippen MR) is 109 cm³/mol. The van der Waals surface area contributed by atoms with Crippen LogP contribution in [0.15, 0.2) is 71.9 Å². The molecule has 0 unspecified atom stereocenters. The highest BCUT2D eigenvalue weighted by Gasteiger charge is 2.18. The van der Waals surface area contributed by atoms with Gasteiger partial charge in [0.1, 0.15) is 11.5 Å². The first-order valence-corrected chi connectivity index (χ1v) is 10.4. The van der Waals surface area contributed by atoms with E-state index in [4.69, 9.17) is 21.1 Å². The van der Waals surface area contributed by atoms with Gasteiger partial charge in [0.2, 0.25) is 0 Å². The van der Waals surface area contributed by atoms with E-state index in [-0.39, 0.29) is 22.4 Å². The number of ether oxygens (including phenoxy) is 2. The van der Waals surface area contributed by atoms with E-state index in [9.17, 15) is 8.42 Å². The van der Waals surface area contributed by atoms with Crippen LogP contribution in [0.1, 0.15) is 13.8 Å². The Kier molecular flexibility index (Phi) is 6.06. The molecule has 0 aliphatic heterocycles. The van der Waals surface area contributed by atoms with Crippen molar-refractivity contribution in [2.24, 2.45) is 0 Å². The van der Waals surface area contributed by atoms with Crippen molar-refractivity contribution in [2.75, 3.05) is 4.72 Å². The molecule has 1 heterocycles. The van der Waals surface area contributed by atoms with Crippen molar-refractivity contribution >= 4 is 27.3 Å². The lowest BCUT2D eigenvalue weighted by Gasteiger charge is -2.14. The zero-order valence-corrected chi connectivity index (χ0v) is 16.9. The zero-order valence-electron chi connectivity index (χ0n) is 15.3. The molecule has 1 aromatic heterocycles. The average molecular weight is 419 g/mol. The minimum absolute atomic E-state index is 0.00170. The molecular weight excluding hydrogens is 400 g/mol. The van der Waals surface area contributed by atoms with Gasteiger partial charge in [-0.15, -0.1) is 0 Å². The highest BCUT2D eigenvalue weighted by Crippen LogP contribution is 2.33. The second-order valence-electron chi connectivity index (χ2n) is 6.17. The third kappa shape index (κ3) is 5.15. The number of aromatic nitrogens is 1. The summed E-state index contributed by atoms with van der Waals surface area (Å²) in [6.45, 7) is 3.80. The molecule has 0 radical (unpaired) electrons. The van der Waals surface area contributed by atoms with Crippen LogP contribution in [0.4, 0.5) is 5.69 Å². The molecule has 3 rings (SSSR count). The van der Waals surface area contributed by atoms with Crippen molar-refractivity contribution in [3.8, 4) is 17.2 Å². The summed E-state index contributed by atoms with van der Waals surface area (Å²) in [7, 11) is -3.83. The SMILES string of the molecule is CC(C)Oc1ccc(S(=O)(=O)Nc2ccc(Cl)cc2Oc2cccnc2)cc1. The van der Waals surface area contributed by atoms with Crippen molar-refractivity contribution in [2.45, 2.75) is 24.8 Å². The number of nitrogens with one attached hydrogen (secondary N) is 1. The Morgan fingerprint density at radius 3 is 2.43 bits per heavy atom. The molecular formula is C20H19ClN2O4S. The molecule has 146 valence electrons. The van der Waals surface area contributed by atoms with Gasteiger partial charge < -0.3 is 9.47 Å². The number of rotatable bonds is 7. The largest absolute Gasteiger partial charge is 0.491 e. The summed E-state index contributed by atoms with van der Waals surface area (Å²) in [6.07, 6.45) is 3.13. The maximum atomic E-state index is 12.8. The van der Waals surface area contributed by atoms with Crippen molar-refractivity contribution < 1.29 is 17.9 Å². The maximum Gasteiger partial charge on any atom is 0.262 e. The quantitative estimate of drug-likeness (QED) is 0.576. The first kappa shape index (κ1) is 20.0. The standard InChI is InChI=1S/C20H19ClN2O4S/c1-14(2)26-16-6-8-18(9-7-16)28(24,25)23-19-10-5-15(21)12-20(19)27-17-4-3-11-22-13-17/h3-14,23H,1-2H3. The third-order valence-electron chi connectivity index (χ3n) is 3.56. The Bertz CT molecular complexity index is 1040. The maximum absolute atomic E-state index is 12.8.